The van der Waals surface area contributed by atoms with E-state index < -0.39 is 35.1 Å². The first-order chi connectivity index (χ1) is 8.29. The zero-order valence-electron chi connectivity index (χ0n) is 8.90. The molecule has 0 aliphatic carbocycles. The van der Waals surface area contributed by atoms with Crippen molar-refractivity contribution in [3.63, 3.8) is 0 Å². The first-order valence-electron chi connectivity index (χ1n) is 4.86. The van der Waals surface area contributed by atoms with Crippen molar-refractivity contribution in [1.29, 1.82) is 0 Å². The highest BCUT2D eigenvalue weighted by Crippen LogP contribution is 2.39. The van der Waals surface area contributed by atoms with E-state index in [0.717, 1.165) is 12.1 Å². The Kier molecular flexibility index (Phi) is 4.67. The molecule has 0 saturated carbocycles. The molecule has 0 unspecified atom stereocenters. The molecule has 0 heterocycles. The first-order valence-corrected chi connectivity index (χ1v) is 5.40. The van der Waals surface area contributed by atoms with Gasteiger partial charge in [-0.25, -0.2) is 8.78 Å². The summed E-state index contributed by atoms with van der Waals surface area (Å²) in [6, 6.07) is 2.53. The number of hydrogen-bond acceptors (Lipinski definition) is 1. The number of hydrogen-bond donors (Lipinski definition) is 0. The Morgan fingerprint density at radius 3 is 2.33 bits per heavy atom. The third-order valence-electron chi connectivity index (χ3n) is 2.24. The number of Topliss-reactive ketones (excluding diaryl/α,β-unsaturated/α-hetero) is 1. The molecule has 1 aromatic rings. The van der Waals surface area contributed by atoms with E-state index in [1.165, 1.54) is 0 Å². The van der Waals surface area contributed by atoms with Crippen LogP contribution in [-0.4, -0.2) is 11.7 Å². The van der Waals surface area contributed by atoms with Gasteiger partial charge in [-0.1, -0.05) is 18.2 Å². The zero-order valence-corrected chi connectivity index (χ0v) is 9.66. The molecule has 0 aliphatic rings. The number of halogens is 6. The Bertz CT molecular complexity index is 442. The molecule has 1 aromatic carbocycles. The number of benzene rings is 1. The van der Waals surface area contributed by atoms with Crippen LogP contribution >= 0.6 is 11.6 Å². The van der Waals surface area contributed by atoms with Gasteiger partial charge in [0.1, 0.15) is 0 Å². The fourth-order valence-electron chi connectivity index (χ4n) is 1.52. The molecule has 0 saturated heterocycles. The van der Waals surface area contributed by atoms with Crippen LogP contribution in [0.1, 0.15) is 34.3 Å². The van der Waals surface area contributed by atoms with Crippen LogP contribution in [0.2, 0.25) is 0 Å². The summed E-state index contributed by atoms with van der Waals surface area (Å²) in [5.41, 5.74) is -3.53. The van der Waals surface area contributed by atoms with E-state index in [9.17, 15) is 26.7 Å². The largest absolute Gasteiger partial charge is 0.417 e. The van der Waals surface area contributed by atoms with Crippen LogP contribution in [0.5, 0.6) is 0 Å². The van der Waals surface area contributed by atoms with Gasteiger partial charge in [0.15, 0.2) is 5.78 Å². The third-order valence-corrected chi connectivity index (χ3v) is 2.43. The molecular weight excluding hydrogens is 279 g/mol. The monoisotopic (exact) mass is 286 g/mol. The third kappa shape index (κ3) is 3.19. The van der Waals surface area contributed by atoms with Gasteiger partial charge in [0, 0.05) is 23.4 Å². The minimum absolute atomic E-state index is 0.172. The van der Waals surface area contributed by atoms with Gasteiger partial charge in [0.2, 0.25) is 0 Å². The van der Waals surface area contributed by atoms with Crippen molar-refractivity contribution in [2.45, 2.75) is 19.0 Å². The summed E-state index contributed by atoms with van der Waals surface area (Å²) in [7, 11) is 0. The average Bonchev–Trinajstić information content (AvgIpc) is 2.27. The highest BCUT2D eigenvalue weighted by Gasteiger charge is 2.39. The Labute approximate surface area is 105 Å². The molecule has 100 valence electrons. The predicted molar refractivity (Wildman–Crippen MR) is 56.1 cm³/mol. The quantitative estimate of drug-likeness (QED) is 0.454. The van der Waals surface area contributed by atoms with Crippen molar-refractivity contribution in [2.75, 3.05) is 5.88 Å². The van der Waals surface area contributed by atoms with Gasteiger partial charge in [-0.3, -0.25) is 4.79 Å². The van der Waals surface area contributed by atoms with E-state index in [0.29, 0.717) is 6.07 Å². The Morgan fingerprint density at radius 1 is 1.28 bits per heavy atom. The predicted octanol–water partition coefficient (Wildman–Crippen LogP) is 4.45. The lowest BCUT2D eigenvalue weighted by atomic mass is 9.96. The number of alkyl halides is 6. The van der Waals surface area contributed by atoms with E-state index in [-0.39, 0.29) is 12.3 Å². The lowest BCUT2D eigenvalue weighted by molar-refractivity contribution is -0.139. The van der Waals surface area contributed by atoms with Gasteiger partial charge in [-0.05, 0) is 0 Å². The molecule has 0 atom stereocenters. The van der Waals surface area contributed by atoms with Crippen molar-refractivity contribution in [3.8, 4) is 0 Å². The number of ketones is 1. The normalized spacial score (nSPS) is 11.9. The van der Waals surface area contributed by atoms with Crippen LogP contribution in [0.4, 0.5) is 22.0 Å². The van der Waals surface area contributed by atoms with Crippen LogP contribution in [-0.2, 0) is 6.18 Å². The maximum atomic E-state index is 12.8. The highest BCUT2D eigenvalue weighted by atomic mass is 35.5. The molecule has 0 radical (unpaired) electrons. The fraction of sp³-hybridized carbons (Fsp3) is 0.364. The summed E-state index contributed by atoms with van der Waals surface area (Å²) in [5, 5.41) is 0. The second kappa shape index (κ2) is 5.65. The number of carbonyl (C=O) groups is 1. The van der Waals surface area contributed by atoms with E-state index in [1.54, 1.807) is 0 Å². The minimum Gasteiger partial charge on any atom is -0.294 e. The van der Waals surface area contributed by atoms with Crippen molar-refractivity contribution < 1.29 is 26.7 Å². The Balaban J connectivity index is 3.43. The summed E-state index contributed by atoms with van der Waals surface area (Å²) >= 11 is 5.26. The Hall–Kier alpha value is -1.17. The van der Waals surface area contributed by atoms with E-state index in [1.807, 2.05) is 0 Å². The molecule has 0 aliphatic heterocycles. The standard InChI is InChI=1S/C11H8ClF5O/c12-5-4-8(18)6-2-1-3-7(10(13)14)9(6)11(15,16)17/h1-3,10H,4-5H2. The fourth-order valence-corrected chi connectivity index (χ4v) is 1.69. The molecule has 0 amide bonds. The van der Waals surface area contributed by atoms with Crippen LogP contribution in [0.3, 0.4) is 0 Å². The Morgan fingerprint density at radius 2 is 1.89 bits per heavy atom. The van der Waals surface area contributed by atoms with Crippen LogP contribution in [0, 0.1) is 0 Å². The van der Waals surface area contributed by atoms with Gasteiger partial charge in [0.25, 0.3) is 6.43 Å². The van der Waals surface area contributed by atoms with Crippen LogP contribution in [0.15, 0.2) is 18.2 Å². The maximum absolute atomic E-state index is 12.8. The molecule has 18 heavy (non-hydrogen) atoms. The SMILES string of the molecule is O=C(CCCl)c1cccc(C(F)F)c1C(F)(F)F. The van der Waals surface area contributed by atoms with Crippen molar-refractivity contribution in [3.05, 3.63) is 34.9 Å². The van der Waals surface area contributed by atoms with Gasteiger partial charge in [-0.15, -0.1) is 11.6 Å². The molecule has 0 bridgehead atoms. The topological polar surface area (TPSA) is 17.1 Å². The summed E-state index contributed by atoms with van der Waals surface area (Å²) in [6.07, 6.45) is -8.65. The van der Waals surface area contributed by atoms with E-state index in [2.05, 4.69) is 0 Å². The smallest absolute Gasteiger partial charge is 0.294 e. The van der Waals surface area contributed by atoms with Crippen molar-refractivity contribution >= 4 is 17.4 Å². The summed E-state index contributed by atoms with van der Waals surface area (Å²) in [5.74, 6) is -1.07. The number of carbonyl (C=O) groups excluding carboxylic acids is 1. The van der Waals surface area contributed by atoms with E-state index >= 15 is 0 Å². The average molecular weight is 287 g/mol. The zero-order chi connectivity index (χ0) is 13.9. The first kappa shape index (κ1) is 14.9. The van der Waals surface area contributed by atoms with Crippen molar-refractivity contribution in [2.24, 2.45) is 0 Å². The molecular formula is C11H8ClF5O. The maximum Gasteiger partial charge on any atom is 0.417 e. The molecule has 0 spiro atoms. The molecule has 0 fully saturated rings. The van der Waals surface area contributed by atoms with Crippen LogP contribution in [0.25, 0.3) is 0 Å². The van der Waals surface area contributed by atoms with Gasteiger partial charge < -0.3 is 0 Å². The lowest BCUT2D eigenvalue weighted by Gasteiger charge is -2.16. The molecule has 7 heteroatoms. The van der Waals surface area contributed by atoms with Gasteiger partial charge in [0.05, 0.1) is 5.56 Å². The second-order valence-corrected chi connectivity index (χ2v) is 3.81. The van der Waals surface area contributed by atoms with E-state index in [4.69, 9.17) is 11.6 Å². The molecule has 0 N–H and O–H groups in total. The second-order valence-electron chi connectivity index (χ2n) is 3.43. The van der Waals surface area contributed by atoms with Gasteiger partial charge >= 0.3 is 6.18 Å². The highest BCUT2D eigenvalue weighted by molar-refractivity contribution is 6.19. The molecule has 0 aromatic heterocycles. The van der Waals surface area contributed by atoms with Crippen molar-refractivity contribution in [1.82, 2.24) is 0 Å². The number of rotatable bonds is 4. The van der Waals surface area contributed by atoms with Crippen LogP contribution < -0.4 is 0 Å². The summed E-state index contributed by atoms with van der Waals surface area (Å²) in [4.78, 5) is 11.5. The summed E-state index contributed by atoms with van der Waals surface area (Å²) < 4.78 is 63.4. The minimum atomic E-state index is -5.01. The van der Waals surface area contributed by atoms with Gasteiger partial charge in [-0.2, -0.15) is 13.2 Å². The lowest BCUT2D eigenvalue weighted by Crippen LogP contribution is -2.16. The molecule has 1 rings (SSSR count). The summed E-state index contributed by atoms with van der Waals surface area (Å²) in [6.45, 7) is 0. The molecule has 1 nitrogen and oxygen atoms in total.